The third kappa shape index (κ3) is 7.33. The third-order valence-corrected chi connectivity index (χ3v) is 10.9. The van der Waals surface area contributed by atoms with Crippen molar-refractivity contribution in [2.24, 2.45) is 0 Å². The minimum atomic E-state index is 0.530. The highest BCUT2D eigenvalue weighted by molar-refractivity contribution is 5.80. The van der Waals surface area contributed by atoms with Gasteiger partial charge in [0, 0.05) is 22.3 Å². The normalized spacial score (nSPS) is 11.2. The van der Waals surface area contributed by atoms with Crippen LogP contribution in [0.4, 0.5) is 0 Å². The predicted molar refractivity (Wildman–Crippen MR) is 247 cm³/mol. The van der Waals surface area contributed by atoms with Gasteiger partial charge in [0.05, 0.1) is 57.2 Å². The Morgan fingerprint density at radius 2 is 0.484 bits per heavy atom. The average molecular weight is 795 g/mol. The summed E-state index contributed by atoms with van der Waals surface area (Å²) in [7, 11) is 0. The maximum atomic E-state index is 5.00. The molecule has 8 nitrogen and oxygen atoms in total. The van der Waals surface area contributed by atoms with Crippen LogP contribution in [-0.4, -0.2) is 39.9 Å². The fraction of sp³-hybridized carbons (Fsp3) is 0. The zero-order valence-electron chi connectivity index (χ0n) is 33.2. The zero-order chi connectivity index (χ0) is 41.2. The molecule has 0 saturated carbocycles. The smallest absolute Gasteiger partial charge is 0.180 e. The second-order valence-electron chi connectivity index (χ2n) is 14.9. The molecule has 11 rings (SSSR count). The minimum absolute atomic E-state index is 0.530. The van der Waals surface area contributed by atoms with Gasteiger partial charge < -0.3 is 0 Å². The summed E-state index contributed by atoms with van der Waals surface area (Å²) >= 11 is 0. The highest BCUT2D eigenvalue weighted by Gasteiger charge is 2.15. The van der Waals surface area contributed by atoms with Gasteiger partial charge in [0.2, 0.25) is 0 Å². The summed E-state index contributed by atoms with van der Waals surface area (Å²) in [5.41, 5.74) is 16.2. The number of fused-ring (bicyclic) bond motifs is 2. The predicted octanol–water partition coefficient (Wildman–Crippen LogP) is 12.5. The molecule has 62 heavy (non-hydrogen) atoms. The van der Waals surface area contributed by atoms with Crippen LogP contribution in [0.1, 0.15) is 0 Å². The first-order chi connectivity index (χ1) is 30.7. The van der Waals surface area contributed by atoms with Crippen molar-refractivity contribution < 1.29 is 0 Å². The van der Waals surface area contributed by atoms with Gasteiger partial charge in [0.25, 0.3) is 0 Å². The molecule has 0 unspecified atom stereocenters. The molecule has 0 saturated heterocycles. The summed E-state index contributed by atoms with van der Waals surface area (Å²) in [5, 5.41) is 0. The van der Waals surface area contributed by atoms with Crippen LogP contribution in [0, 0.1) is 0 Å². The van der Waals surface area contributed by atoms with Crippen molar-refractivity contribution in [1.29, 1.82) is 0 Å². The standard InChI is InChI=1S/C54H34N8/c1-3-11-39(12-4-1)47-31-49(61-53(59-47)51-33-55-43-15-7-9-17-45(43)57-51)41-27-23-37(24-28-41)35-19-21-36(22-20-35)38-25-29-42(30-26-38)50-32-48(40-13-5-2-6-14-40)60-54(62-50)52-34-56-44-16-8-10-18-46(44)58-52/h1-34H. The Morgan fingerprint density at radius 1 is 0.210 bits per heavy atom. The number of hydrogen-bond acceptors (Lipinski definition) is 8. The van der Waals surface area contributed by atoms with Gasteiger partial charge in [-0.05, 0) is 58.7 Å². The lowest BCUT2D eigenvalue weighted by Gasteiger charge is -2.11. The number of benzene rings is 7. The van der Waals surface area contributed by atoms with Gasteiger partial charge in [-0.3, -0.25) is 9.97 Å². The number of rotatable bonds is 8. The van der Waals surface area contributed by atoms with Crippen LogP contribution in [-0.2, 0) is 0 Å². The van der Waals surface area contributed by atoms with Crippen molar-refractivity contribution >= 4 is 22.1 Å². The molecule has 0 fully saturated rings. The van der Waals surface area contributed by atoms with Crippen molar-refractivity contribution in [1.82, 2.24) is 39.9 Å². The van der Waals surface area contributed by atoms with E-state index in [1.54, 1.807) is 12.4 Å². The van der Waals surface area contributed by atoms with Gasteiger partial charge in [0.1, 0.15) is 11.4 Å². The third-order valence-electron chi connectivity index (χ3n) is 10.9. The van der Waals surface area contributed by atoms with Crippen LogP contribution in [0.2, 0.25) is 0 Å². The van der Waals surface area contributed by atoms with Crippen LogP contribution >= 0.6 is 0 Å². The van der Waals surface area contributed by atoms with Crippen molar-refractivity contribution in [3.63, 3.8) is 0 Å². The van der Waals surface area contributed by atoms with E-state index < -0.39 is 0 Å². The molecule has 11 aromatic rings. The van der Waals surface area contributed by atoms with Crippen LogP contribution < -0.4 is 0 Å². The lowest BCUT2D eigenvalue weighted by Crippen LogP contribution is -1.98. The minimum Gasteiger partial charge on any atom is -0.252 e. The first-order valence-electron chi connectivity index (χ1n) is 20.3. The van der Waals surface area contributed by atoms with Crippen molar-refractivity contribution in [3.8, 4) is 90.3 Å². The van der Waals surface area contributed by atoms with Gasteiger partial charge in [-0.15, -0.1) is 0 Å². The Morgan fingerprint density at radius 3 is 0.823 bits per heavy atom. The molecule has 4 aromatic heterocycles. The molecule has 290 valence electrons. The Labute approximate surface area is 357 Å². The van der Waals surface area contributed by atoms with Crippen LogP contribution in [0.3, 0.4) is 0 Å². The largest absolute Gasteiger partial charge is 0.252 e. The zero-order valence-corrected chi connectivity index (χ0v) is 33.2. The summed E-state index contributed by atoms with van der Waals surface area (Å²) in [4.78, 5) is 38.8. The summed E-state index contributed by atoms with van der Waals surface area (Å²) in [6.07, 6.45) is 3.49. The van der Waals surface area contributed by atoms with Crippen LogP contribution in [0.5, 0.6) is 0 Å². The molecule has 0 N–H and O–H groups in total. The van der Waals surface area contributed by atoms with Gasteiger partial charge in [0.15, 0.2) is 11.6 Å². The molecular formula is C54H34N8. The summed E-state index contributed by atoms with van der Waals surface area (Å²) < 4.78 is 0. The monoisotopic (exact) mass is 794 g/mol. The van der Waals surface area contributed by atoms with E-state index in [2.05, 4.69) is 107 Å². The lowest BCUT2D eigenvalue weighted by atomic mass is 9.98. The highest BCUT2D eigenvalue weighted by Crippen LogP contribution is 2.32. The molecule has 0 atom stereocenters. The summed E-state index contributed by atoms with van der Waals surface area (Å²) in [5.74, 6) is 1.06. The molecule has 8 heteroatoms. The summed E-state index contributed by atoms with van der Waals surface area (Å²) in [6.45, 7) is 0. The molecule has 0 amide bonds. The maximum Gasteiger partial charge on any atom is 0.180 e. The van der Waals surface area contributed by atoms with E-state index in [0.29, 0.717) is 23.0 Å². The second-order valence-corrected chi connectivity index (χ2v) is 14.9. The van der Waals surface area contributed by atoms with E-state index in [4.69, 9.17) is 29.9 Å². The number of hydrogen-bond donors (Lipinski definition) is 0. The van der Waals surface area contributed by atoms with E-state index >= 15 is 0 Å². The molecule has 0 radical (unpaired) electrons. The average Bonchev–Trinajstić information content (AvgIpc) is 3.36. The van der Waals surface area contributed by atoms with Gasteiger partial charge in [-0.2, -0.15) is 0 Å². The topological polar surface area (TPSA) is 103 Å². The molecule has 0 aliphatic heterocycles. The molecule has 0 spiro atoms. The maximum absolute atomic E-state index is 5.00. The molecule has 4 heterocycles. The number of nitrogens with zero attached hydrogens (tertiary/aromatic N) is 8. The Kier molecular flexibility index (Phi) is 9.33. The van der Waals surface area contributed by atoms with Crippen molar-refractivity contribution in [3.05, 3.63) is 207 Å². The van der Waals surface area contributed by atoms with Crippen molar-refractivity contribution in [2.75, 3.05) is 0 Å². The Balaban J connectivity index is 0.863. The highest BCUT2D eigenvalue weighted by atomic mass is 15.0. The molecule has 0 aliphatic carbocycles. The SMILES string of the molecule is c1ccc(-c2cc(-c3ccc(-c4ccc(-c5ccc(-c6cc(-c7ccccc7)nc(-c7cnc8ccccc8n7)n6)cc5)cc4)cc3)nc(-c3cnc4ccccc4n3)n2)cc1. The van der Waals surface area contributed by atoms with Gasteiger partial charge in [-0.25, -0.2) is 29.9 Å². The van der Waals surface area contributed by atoms with E-state index in [0.717, 1.165) is 89.4 Å². The Bertz CT molecular complexity index is 3150. The first-order valence-corrected chi connectivity index (χ1v) is 20.3. The fourth-order valence-electron chi connectivity index (χ4n) is 7.58. The lowest BCUT2D eigenvalue weighted by molar-refractivity contribution is 1.14. The number of para-hydroxylation sites is 4. The Hall–Kier alpha value is -8.62. The van der Waals surface area contributed by atoms with E-state index in [1.165, 1.54) is 0 Å². The fourth-order valence-corrected chi connectivity index (χ4v) is 7.58. The summed E-state index contributed by atoms with van der Waals surface area (Å²) in [6, 6.07) is 65.7. The molecular weight excluding hydrogens is 761 g/mol. The van der Waals surface area contributed by atoms with Crippen LogP contribution in [0.25, 0.3) is 112 Å². The van der Waals surface area contributed by atoms with Crippen LogP contribution in [0.15, 0.2) is 207 Å². The van der Waals surface area contributed by atoms with E-state index in [1.807, 2.05) is 97.1 Å². The second kappa shape index (κ2) is 15.9. The number of aromatic nitrogens is 8. The van der Waals surface area contributed by atoms with Gasteiger partial charge >= 0.3 is 0 Å². The van der Waals surface area contributed by atoms with Crippen molar-refractivity contribution in [2.45, 2.75) is 0 Å². The molecule has 7 aromatic carbocycles. The first kappa shape index (κ1) is 36.5. The van der Waals surface area contributed by atoms with Gasteiger partial charge in [-0.1, -0.05) is 158 Å². The van der Waals surface area contributed by atoms with E-state index in [9.17, 15) is 0 Å². The molecule has 0 bridgehead atoms. The van der Waals surface area contributed by atoms with E-state index in [-0.39, 0.29) is 0 Å². The molecule has 0 aliphatic rings. The quantitative estimate of drug-likeness (QED) is 0.150.